The summed E-state index contributed by atoms with van der Waals surface area (Å²) in [4.78, 5) is 24.4. The van der Waals surface area contributed by atoms with E-state index in [2.05, 4.69) is 38.5 Å². The Labute approximate surface area is 226 Å². The Bertz CT molecular complexity index is 1690. The highest BCUT2D eigenvalue weighted by atomic mass is 16.2. The lowest BCUT2D eigenvalue weighted by Gasteiger charge is -2.32. The van der Waals surface area contributed by atoms with Crippen molar-refractivity contribution < 1.29 is 13.0 Å². The van der Waals surface area contributed by atoms with Crippen molar-refractivity contribution in [1.29, 1.82) is 0 Å². The number of nitrogen functional groups attached to an aromatic ring is 1. The SMILES string of the molecule is [2H]C([2H])([2H])N(C(=O)c1ccc(C2=CCN([C@H](C)c3cc4c(-c5ccc(N)cn5)ccnc4n3C)CC2)c(C)c1)C([2H])([2H])[2H]. The van der Waals surface area contributed by atoms with E-state index in [4.69, 9.17) is 14.0 Å². The predicted octanol–water partition coefficient (Wildman–Crippen LogP) is 5.08. The molecule has 4 aromatic rings. The van der Waals surface area contributed by atoms with Crippen LogP contribution in [-0.4, -0.2) is 57.3 Å². The molecule has 0 unspecified atom stereocenters. The smallest absolute Gasteiger partial charge is 0.253 e. The van der Waals surface area contributed by atoms with Crippen molar-refractivity contribution in [3.8, 4) is 11.3 Å². The zero-order chi connectivity index (χ0) is 31.3. The molecule has 0 fully saturated rings. The number of hydrogen-bond donors (Lipinski definition) is 1. The lowest BCUT2D eigenvalue weighted by Crippen LogP contribution is -2.32. The van der Waals surface area contributed by atoms with Crippen LogP contribution in [0.5, 0.6) is 0 Å². The van der Waals surface area contributed by atoms with Gasteiger partial charge in [0, 0.05) is 76.8 Å². The number of aryl methyl sites for hydroxylation is 2. The van der Waals surface area contributed by atoms with Gasteiger partial charge < -0.3 is 15.2 Å². The first kappa shape index (κ1) is 18.3. The normalized spacial score (nSPS) is 18.1. The third-order valence-electron chi connectivity index (χ3n) is 7.27. The Hall–Kier alpha value is -3.97. The number of carbonyl (C=O) groups is 1. The average molecular weight is 501 g/mol. The van der Waals surface area contributed by atoms with Crippen LogP contribution in [0.15, 0.2) is 60.9 Å². The molecule has 0 radical (unpaired) electrons. The monoisotopic (exact) mass is 500 g/mol. The van der Waals surface area contributed by atoms with Gasteiger partial charge in [0.25, 0.3) is 5.91 Å². The lowest BCUT2D eigenvalue weighted by atomic mass is 9.93. The van der Waals surface area contributed by atoms with Gasteiger partial charge in [-0.05, 0) is 73.4 Å². The van der Waals surface area contributed by atoms with Gasteiger partial charge >= 0.3 is 0 Å². The summed E-state index contributed by atoms with van der Waals surface area (Å²) in [5, 5.41) is 1.03. The number of rotatable bonds is 5. The van der Waals surface area contributed by atoms with Gasteiger partial charge in [-0.15, -0.1) is 0 Å². The number of aromatic nitrogens is 3. The third kappa shape index (κ3) is 4.62. The van der Waals surface area contributed by atoms with Crippen molar-refractivity contribution >= 4 is 28.2 Å². The summed E-state index contributed by atoms with van der Waals surface area (Å²) < 4.78 is 47.4. The summed E-state index contributed by atoms with van der Waals surface area (Å²) >= 11 is 0. The van der Waals surface area contributed by atoms with Gasteiger partial charge in [0.1, 0.15) is 5.65 Å². The minimum atomic E-state index is -3.09. The fourth-order valence-electron chi connectivity index (χ4n) is 5.18. The highest BCUT2D eigenvalue weighted by Gasteiger charge is 2.24. The first-order valence-electron chi connectivity index (χ1n) is 15.2. The number of fused-ring (bicyclic) bond motifs is 1. The Kier molecular flexibility index (Phi) is 4.86. The van der Waals surface area contributed by atoms with Gasteiger partial charge in [0.15, 0.2) is 0 Å². The number of nitrogens with zero attached hydrogens (tertiary/aromatic N) is 5. The van der Waals surface area contributed by atoms with Crippen LogP contribution in [0.3, 0.4) is 0 Å². The highest BCUT2D eigenvalue weighted by molar-refractivity contribution is 5.95. The second-order valence-corrected chi connectivity index (χ2v) is 9.52. The average Bonchev–Trinajstić information content (AvgIpc) is 3.28. The maximum absolute atomic E-state index is 12.9. The Morgan fingerprint density at radius 1 is 1.14 bits per heavy atom. The zero-order valence-corrected chi connectivity index (χ0v) is 21.2. The van der Waals surface area contributed by atoms with Crippen LogP contribution >= 0.6 is 0 Å². The van der Waals surface area contributed by atoms with Crippen LogP contribution in [0.25, 0.3) is 27.9 Å². The van der Waals surface area contributed by atoms with E-state index in [0.717, 1.165) is 57.7 Å². The maximum atomic E-state index is 12.9. The van der Waals surface area contributed by atoms with Gasteiger partial charge in [0.2, 0.25) is 0 Å². The van der Waals surface area contributed by atoms with Crippen molar-refractivity contribution in [2.75, 3.05) is 32.8 Å². The lowest BCUT2D eigenvalue weighted by molar-refractivity contribution is 0.0827. The van der Waals surface area contributed by atoms with Crippen LogP contribution in [0.4, 0.5) is 5.69 Å². The fraction of sp³-hybridized carbons (Fsp3) is 0.300. The summed E-state index contributed by atoms with van der Waals surface area (Å²) in [6.45, 7) is -0.635. The van der Waals surface area contributed by atoms with Gasteiger partial charge in [0.05, 0.1) is 17.6 Å². The maximum Gasteiger partial charge on any atom is 0.253 e. The highest BCUT2D eigenvalue weighted by Crippen LogP contribution is 2.34. The molecule has 1 aliphatic heterocycles. The molecule has 0 saturated carbocycles. The molecule has 0 bridgehead atoms. The number of anilines is 1. The van der Waals surface area contributed by atoms with Crippen molar-refractivity contribution in [1.82, 2.24) is 24.3 Å². The first-order chi connectivity index (χ1) is 20.2. The topological polar surface area (TPSA) is 80.3 Å². The molecule has 7 heteroatoms. The van der Waals surface area contributed by atoms with E-state index in [1.165, 1.54) is 6.07 Å². The molecule has 4 heterocycles. The second-order valence-electron chi connectivity index (χ2n) is 9.52. The van der Waals surface area contributed by atoms with Crippen LogP contribution in [0.1, 0.15) is 54.8 Å². The first-order valence-corrected chi connectivity index (χ1v) is 12.2. The Morgan fingerprint density at radius 3 is 2.65 bits per heavy atom. The predicted molar refractivity (Wildman–Crippen MR) is 150 cm³/mol. The van der Waals surface area contributed by atoms with Crippen molar-refractivity contribution in [3.05, 3.63) is 83.3 Å². The van der Waals surface area contributed by atoms with Gasteiger partial charge in [-0.25, -0.2) is 4.98 Å². The summed E-state index contributed by atoms with van der Waals surface area (Å²) in [6.07, 6.45) is 6.40. The van der Waals surface area contributed by atoms with Gasteiger partial charge in [-0.1, -0.05) is 12.1 Å². The zero-order valence-electron chi connectivity index (χ0n) is 27.2. The van der Waals surface area contributed by atoms with E-state index in [1.54, 1.807) is 24.5 Å². The standard InChI is InChI=1S/C30H34N6O/c1-19-16-22(30(37)34(3)4)6-8-24(19)21-11-14-36(15-12-21)20(2)28-17-26-25(10-13-32-29(26)35(28)5)27-9-7-23(31)18-33-27/h6-11,13,16-18,20H,12,14-15,31H2,1-5H3/t20-/m1/s1/i3D3,4D3. The summed E-state index contributed by atoms with van der Waals surface area (Å²) in [7, 11) is 2.03. The largest absolute Gasteiger partial charge is 0.397 e. The van der Waals surface area contributed by atoms with Crippen molar-refractivity contribution in [2.24, 2.45) is 7.05 Å². The Morgan fingerprint density at radius 2 is 1.97 bits per heavy atom. The van der Waals surface area contributed by atoms with Crippen LogP contribution < -0.4 is 5.73 Å². The van der Waals surface area contributed by atoms with Crippen molar-refractivity contribution in [3.63, 3.8) is 0 Å². The van der Waals surface area contributed by atoms with E-state index < -0.39 is 19.9 Å². The molecule has 5 rings (SSSR count). The summed E-state index contributed by atoms with van der Waals surface area (Å²) in [5.41, 5.74) is 13.2. The van der Waals surface area contributed by atoms with Gasteiger partial charge in [-0.3, -0.25) is 14.7 Å². The molecule has 1 atom stereocenters. The number of nitrogens with two attached hydrogens (primary N) is 1. The fourth-order valence-corrected chi connectivity index (χ4v) is 5.18. The van der Waals surface area contributed by atoms with E-state index in [9.17, 15) is 4.79 Å². The molecule has 1 amide bonds. The minimum Gasteiger partial charge on any atom is -0.397 e. The van der Waals surface area contributed by atoms with Crippen LogP contribution in [0, 0.1) is 6.92 Å². The number of hydrogen-bond acceptors (Lipinski definition) is 5. The van der Waals surface area contributed by atoms with Crippen LogP contribution in [0.2, 0.25) is 0 Å². The molecule has 0 aliphatic carbocycles. The summed E-state index contributed by atoms with van der Waals surface area (Å²) in [5.74, 6) is -1.05. The van der Waals surface area contributed by atoms with E-state index in [0.29, 0.717) is 12.2 Å². The van der Waals surface area contributed by atoms with E-state index >= 15 is 0 Å². The molecule has 2 N–H and O–H groups in total. The van der Waals surface area contributed by atoms with E-state index in [1.807, 2.05) is 32.2 Å². The number of amides is 1. The molecule has 3 aromatic heterocycles. The number of carbonyl (C=O) groups excluding carboxylic acids is 1. The molecule has 7 nitrogen and oxygen atoms in total. The molecular weight excluding hydrogens is 460 g/mol. The minimum absolute atomic E-state index is 0.00860. The van der Waals surface area contributed by atoms with Crippen LogP contribution in [-0.2, 0) is 7.05 Å². The molecule has 0 saturated heterocycles. The molecule has 1 aliphatic rings. The van der Waals surface area contributed by atoms with Crippen molar-refractivity contribution in [2.45, 2.75) is 26.3 Å². The molecule has 1 aromatic carbocycles. The molecule has 0 spiro atoms. The second kappa shape index (κ2) is 9.82. The molecule has 190 valence electrons. The number of benzene rings is 1. The summed E-state index contributed by atoms with van der Waals surface area (Å²) in [6, 6.07) is 12.9. The van der Waals surface area contributed by atoms with E-state index in [-0.39, 0.29) is 16.5 Å². The Balaban J connectivity index is 1.36. The third-order valence-corrected chi connectivity index (χ3v) is 7.27. The van der Waals surface area contributed by atoms with Gasteiger partial charge in [-0.2, -0.15) is 0 Å². The quantitative estimate of drug-likeness (QED) is 0.413. The number of pyridine rings is 2. The molecular formula is C30H34N6O. The molecule has 37 heavy (non-hydrogen) atoms.